The molecule has 1 aliphatic carbocycles. The number of anilines is 1. The average Bonchev–Trinajstić information content (AvgIpc) is 2.87. The normalized spacial score (nSPS) is 24.1. The van der Waals surface area contributed by atoms with E-state index >= 15 is 0 Å². The minimum atomic E-state index is 0.620. The van der Waals surface area contributed by atoms with Crippen molar-refractivity contribution < 1.29 is 0 Å². The molecule has 0 radical (unpaired) electrons. The molecular formula is C11H15N3S. The van der Waals surface area contributed by atoms with Gasteiger partial charge in [-0.25, -0.2) is 9.97 Å². The van der Waals surface area contributed by atoms with Gasteiger partial charge in [0.05, 0.1) is 0 Å². The molecule has 0 amide bonds. The fourth-order valence-corrected chi connectivity index (χ4v) is 3.48. The van der Waals surface area contributed by atoms with Gasteiger partial charge in [0.15, 0.2) is 0 Å². The van der Waals surface area contributed by atoms with Crippen molar-refractivity contribution in [2.45, 2.75) is 31.7 Å². The third-order valence-electron chi connectivity index (χ3n) is 3.15. The number of hydrogen-bond acceptors (Lipinski definition) is 4. The highest BCUT2D eigenvalue weighted by atomic mass is 32.2. The van der Waals surface area contributed by atoms with Gasteiger partial charge in [0.2, 0.25) is 0 Å². The van der Waals surface area contributed by atoms with E-state index in [1.54, 1.807) is 6.33 Å². The monoisotopic (exact) mass is 221 g/mol. The molecule has 3 rings (SSSR count). The molecule has 0 bridgehead atoms. The minimum Gasteiger partial charge on any atom is -0.366 e. The van der Waals surface area contributed by atoms with Crippen molar-refractivity contribution in [3.8, 4) is 0 Å². The maximum absolute atomic E-state index is 4.38. The van der Waals surface area contributed by atoms with Crippen molar-refractivity contribution in [1.82, 2.24) is 9.97 Å². The molecule has 0 spiro atoms. The Morgan fingerprint density at radius 1 is 1.33 bits per heavy atom. The summed E-state index contributed by atoms with van der Waals surface area (Å²) in [5.74, 6) is 3.61. The number of nitrogens with zero attached hydrogens (tertiary/aromatic N) is 2. The van der Waals surface area contributed by atoms with Crippen molar-refractivity contribution in [2.24, 2.45) is 0 Å². The number of rotatable bonds is 2. The van der Waals surface area contributed by atoms with Gasteiger partial charge in [-0.05, 0) is 31.4 Å². The molecule has 1 aromatic heterocycles. The van der Waals surface area contributed by atoms with Gasteiger partial charge in [-0.15, -0.1) is 0 Å². The lowest BCUT2D eigenvalue weighted by Crippen LogP contribution is -2.20. The number of aryl methyl sites for hydroxylation is 1. The molecule has 80 valence electrons. The second-order valence-corrected chi connectivity index (χ2v) is 5.36. The van der Waals surface area contributed by atoms with Gasteiger partial charge < -0.3 is 5.32 Å². The smallest absolute Gasteiger partial charge is 0.133 e. The van der Waals surface area contributed by atoms with Crippen LogP contribution in [0.1, 0.15) is 24.1 Å². The summed E-state index contributed by atoms with van der Waals surface area (Å²) in [6, 6.07) is 0.620. The van der Waals surface area contributed by atoms with Crippen LogP contribution in [0.5, 0.6) is 0 Å². The maximum Gasteiger partial charge on any atom is 0.133 e. The first kappa shape index (κ1) is 9.46. The van der Waals surface area contributed by atoms with Crippen LogP contribution in [-0.4, -0.2) is 27.5 Å². The van der Waals surface area contributed by atoms with E-state index in [0.29, 0.717) is 6.04 Å². The van der Waals surface area contributed by atoms with E-state index in [-0.39, 0.29) is 0 Å². The van der Waals surface area contributed by atoms with Crippen molar-refractivity contribution in [1.29, 1.82) is 0 Å². The van der Waals surface area contributed by atoms with Gasteiger partial charge >= 0.3 is 0 Å². The Morgan fingerprint density at radius 2 is 2.33 bits per heavy atom. The summed E-state index contributed by atoms with van der Waals surface area (Å²) in [4.78, 5) is 8.72. The van der Waals surface area contributed by atoms with Gasteiger partial charge in [0, 0.05) is 23.1 Å². The van der Waals surface area contributed by atoms with Crippen LogP contribution in [0, 0.1) is 0 Å². The highest BCUT2D eigenvalue weighted by Gasteiger charge is 2.21. The molecule has 1 N–H and O–H groups in total. The zero-order chi connectivity index (χ0) is 10.1. The van der Waals surface area contributed by atoms with Gasteiger partial charge in [0.1, 0.15) is 12.1 Å². The molecule has 0 saturated carbocycles. The van der Waals surface area contributed by atoms with E-state index in [0.717, 1.165) is 18.7 Å². The predicted octanol–water partition coefficient (Wildman–Crippen LogP) is 1.88. The standard InChI is InChI=1S/C11H15N3S/c1-2-9-10(3-1)12-7-13-11(9)14-8-4-5-15-6-8/h7-8H,1-6H2,(H,12,13,14). The molecule has 2 heterocycles. The Bertz CT molecular complexity index is 361. The fourth-order valence-electron chi connectivity index (χ4n) is 2.33. The Labute approximate surface area is 94.1 Å². The molecule has 1 atom stereocenters. The number of hydrogen-bond donors (Lipinski definition) is 1. The van der Waals surface area contributed by atoms with Crippen LogP contribution >= 0.6 is 11.8 Å². The lowest BCUT2D eigenvalue weighted by atomic mass is 10.2. The van der Waals surface area contributed by atoms with Gasteiger partial charge in [-0.2, -0.15) is 11.8 Å². The maximum atomic E-state index is 4.38. The van der Waals surface area contributed by atoms with Crippen LogP contribution in [0.25, 0.3) is 0 Å². The second kappa shape index (κ2) is 4.00. The lowest BCUT2D eigenvalue weighted by Gasteiger charge is -2.14. The van der Waals surface area contributed by atoms with Gasteiger partial charge in [0.25, 0.3) is 0 Å². The summed E-state index contributed by atoms with van der Waals surface area (Å²) in [6.07, 6.45) is 6.49. The summed E-state index contributed by atoms with van der Waals surface area (Å²) >= 11 is 2.03. The van der Waals surface area contributed by atoms with E-state index in [1.165, 1.54) is 35.6 Å². The second-order valence-electron chi connectivity index (χ2n) is 4.21. The van der Waals surface area contributed by atoms with E-state index in [9.17, 15) is 0 Å². The Kier molecular flexibility index (Phi) is 2.52. The average molecular weight is 221 g/mol. The summed E-state index contributed by atoms with van der Waals surface area (Å²) < 4.78 is 0. The molecule has 15 heavy (non-hydrogen) atoms. The highest BCUT2D eigenvalue weighted by molar-refractivity contribution is 7.99. The minimum absolute atomic E-state index is 0.620. The van der Waals surface area contributed by atoms with E-state index in [2.05, 4.69) is 15.3 Å². The highest BCUT2D eigenvalue weighted by Crippen LogP contribution is 2.27. The first-order valence-electron chi connectivity index (χ1n) is 5.60. The quantitative estimate of drug-likeness (QED) is 0.827. The Hall–Kier alpha value is -0.770. The topological polar surface area (TPSA) is 37.8 Å². The summed E-state index contributed by atoms with van der Waals surface area (Å²) in [6.45, 7) is 0. The van der Waals surface area contributed by atoms with E-state index in [1.807, 2.05) is 11.8 Å². The molecule has 3 nitrogen and oxygen atoms in total. The Balaban J connectivity index is 1.82. The Morgan fingerprint density at radius 3 is 3.20 bits per heavy atom. The largest absolute Gasteiger partial charge is 0.366 e. The summed E-state index contributed by atoms with van der Waals surface area (Å²) in [7, 11) is 0. The molecular weight excluding hydrogens is 206 g/mol. The van der Waals surface area contributed by atoms with Crippen molar-refractivity contribution in [3.63, 3.8) is 0 Å². The van der Waals surface area contributed by atoms with E-state index < -0.39 is 0 Å². The zero-order valence-corrected chi connectivity index (χ0v) is 9.52. The van der Waals surface area contributed by atoms with Crippen molar-refractivity contribution >= 4 is 17.6 Å². The predicted molar refractivity (Wildman–Crippen MR) is 63.4 cm³/mol. The SMILES string of the molecule is c1nc2c(c(NC3CCSC3)n1)CCC2. The van der Waals surface area contributed by atoms with Crippen LogP contribution in [0.4, 0.5) is 5.82 Å². The third kappa shape index (κ3) is 1.83. The number of fused-ring (bicyclic) bond motifs is 1. The van der Waals surface area contributed by atoms with Crippen LogP contribution in [0.3, 0.4) is 0 Å². The number of nitrogens with one attached hydrogen (secondary N) is 1. The van der Waals surface area contributed by atoms with E-state index in [4.69, 9.17) is 0 Å². The number of thioether (sulfide) groups is 1. The zero-order valence-electron chi connectivity index (χ0n) is 8.70. The lowest BCUT2D eigenvalue weighted by molar-refractivity contribution is 0.801. The molecule has 1 saturated heterocycles. The third-order valence-corrected chi connectivity index (χ3v) is 4.31. The van der Waals surface area contributed by atoms with Gasteiger partial charge in [-0.1, -0.05) is 0 Å². The van der Waals surface area contributed by atoms with Crippen LogP contribution < -0.4 is 5.32 Å². The van der Waals surface area contributed by atoms with Gasteiger partial charge in [-0.3, -0.25) is 0 Å². The molecule has 1 unspecified atom stereocenters. The van der Waals surface area contributed by atoms with Crippen LogP contribution in [0.15, 0.2) is 6.33 Å². The summed E-state index contributed by atoms with van der Waals surface area (Å²) in [5, 5.41) is 3.57. The molecule has 1 aliphatic heterocycles. The van der Waals surface area contributed by atoms with Crippen molar-refractivity contribution in [3.05, 3.63) is 17.6 Å². The summed E-state index contributed by atoms with van der Waals surface area (Å²) in [5.41, 5.74) is 2.63. The fraction of sp³-hybridized carbons (Fsp3) is 0.636. The molecule has 4 heteroatoms. The van der Waals surface area contributed by atoms with Crippen molar-refractivity contribution in [2.75, 3.05) is 16.8 Å². The first-order valence-corrected chi connectivity index (χ1v) is 6.76. The van der Waals surface area contributed by atoms with Crippen LogP contribution in [-0.2, 0) is 12.8 Å². The number of aromatic nitrogens is 2. The molecule has 2 aliphatic rings. The van der Waals surface area contributed by atoms with Crippen LogP contribution in [0.2, 0.25) is 0 Å². The molecule has 0 aromatic carbocycles. The molecule has 1 aromatic rings. The first-order chi connectivity index (χ1) is 7.43. The molecule has 1 fully saturated rings.